The third-order valence-electron chi connectivity index (χ3n) is 2.83. The molecular formula is C15H12BrIO3. The Morgan fingerprint density at radius 1 is 1.10 bits per heavy atom. The summed E-state index contributed by atoms with van der Waals surface area (Å²) in [4.78, 5) is 12.8. The summed E-state index contributed by atoms with van der Waals surface area (Å²) in [7, 11) is 3.07. The lowest BCUT2D eigenvalue weighted by atomic mass is 10.0. The van der Waals surface area contributed by atoms with E-state index < -0.39 is 0 Å². The molecule has 0 fully saturated rings. The highest BCUT2D eigenvalue weighted by Crippen LogP contribution is 2.32. The molecule has 0 aliphatic heterocycles. The standard InChI is InChI=1S/C15H12BrIO3/c1-19-12-4-3-5-13(20-2)14(12)15(18)10-8-9(17)6-7-11(10)16/h3-8H,1-2H3. The number of hydrogen-bond donors (Lipinski definition) is 0. The molecule has 0 saturated carbocycles. The Bertz CT molecular complexity index is 633. The van der Waals surface area contributed by atoms with E-state index in [2.05, 4.69) is 38.5 Å². The first-order valence-electron chi connectivity index (χ1n) is 5.79. The minimum atomic E-state index is -0.135. The second kappa shape index (κ2) is 6.58. The van der Waals surface area contributed by atoms with Crippen molar-refractivity contribution in [3.05, 3.63) is 55.6 Å². The van der Waals surface area contributed by atoms with Crippen LogP contribution < -0.4 is 9.47 Å². The van der Waals surface area contributed by atoms with Gasteiger partial charge in [-0.1, -0.05) is 22.0 Å². The Hall–Kier alpha value is -1.08. The molecule has 0 saturated heterocycles. The van der Waals surface area contributed by atoms with Gasteiger partial charge in [-0.15, -0.1) is 0 Å². The summed E-state index contributed by atoms with van der Waals surface area (Å²) in [6, 6.07) is 10.9. The van der Waals surface area contributed by atoms with E-state index in [1.54, 1.807) is 18.2 Å². The summed E-state index contributed by atoms with van der Waals surface area (Å²) in [5.74, 6) is 0.866. The fourth-order valence-corrected chi connectivity index (χ4v) is 2.80. The van der Waals surface area contributed by atoms with Gasteiger partial charge in [-0.2, -0.15) is 0 Å². The van der Waals surface area contributed by atoms with Crippen LogP contribution in [0.5, 0.6) is 11.5 Å². The molecule has 2 aromatic rings. The van der Waals surface area contributed by atoms with Gasteiger partial charge >= 0.3 is 0 Å². The lowest BCUT2D eigenvalue weighted by molar-refractivity contribution is 0.103. The van der Waals surface area contributed by atoms with Gasteiger partial charge in [-0.25, -0.2) is 0 Å². The van der Waals surface area contributed by atoms with Gasteiger partial charge in [0, 0.05) is 13.6 Å². The van der Waals surface area contributed by atoms with Crippen LogP contribution in [0.25, 0.3) is 0 Å². The molecule has 0 spiro atoms. The van der Waals surface area contributed by atoms with E-state index >= 15 is 0 Å². The van der Waals surface area contributed by atoms with Crippen LogP contribution in [0.2, 0.25) is 0 Å². The minimum Gasteiger partial charge on any atom is -0.496 e. The zero-order valence-electron chi connectivity index (χ0n) is 10.9. The molecule has 2 aromatic carbocycles. The lowest BCUT2D eigenvalue weighted by Gasteiger charge is -2.13. The highest BCUT2D eigenvalue weighted by Gasteiger charge is 2.21. The summed E-state index contributed by atoms with van der Waals surface area (Å²) in [5.41, 5.74) is 1.01. The van der Waals surface area contributed by atoms with E-state index in [0.29, 0.717) is 22.6 Å². The highest BCUT2D eigenvalue weighted by atomic mass is 127. The minimum absolute atomic E-state index is 0.135. The van der Waals surface area contributed by atoms with Gasteiger partial charge in [0.05, 0.1) is 14.2 Å². The zero-order chi connectivity index (χ0) is 14.7. The first-order chi connectivity index (χ1) is 9.58. The number of halogens is 2. The summed E-state index contributed by atoms with van der Waals surface area (Å²) in [6.07, 6.45) is 0. The normalized spacial score (nSPS) is 10.2. The lowest BCUT2D eigenvalue weighted by Crippen LogP contribution is -2.07. The van der Waals surface area contributed by atoms with E-state index in [9.17, 15) is 4.79 Å². The van der Waals surface area contributed by atoms with Gasteiger partial charge in [-0.05, 0) is 52.9 Å². The number of carbonyl (C=O) groups is 1. The molecule has 0 heterocycles. The largest absolute Gasteiger partial charge is 0.496 e. The van der Waals surface area contributed by atoms with E-state index in [1.165, 1.54) is 14.2 Å². The van der Waals surface area contributed by atoms with Crippen molar-refractivity contribution >= 4 is 44.3 Å². The number of methoxy groups -OCH3 is 2. The Kier molecular flexibility index (Phi) is 5.04. The van der Waals surface area contributed by atoms with Gasteiger partial charge in [0.25, 0.3) is 0 Å². The van der Waals surface area contributed by atoms with Crippen LogP contribution in [-0.4, -0.2) is 20.0 Å². The fraction of sp³-hybridized carbons (Fsp3) is 0.133. The molecular weight excluding hydrogens is 435 g/mol. The highest BCUT2D eigenvalue weighted by molar-refractivity contribution is 14.1. The number of benzene rings is 2. The average molecular weight is 447 g/mol. The molecule has 5 heteroatoms. The Balaban J connectivity index is 2.61. The van der Waals surface area contributed by atoms with E-state index in [-0.39, 0.29) is 5.78 Å². The summed E-state index contributed by atoms with van der Waals surface area (Å²) < 4.78 is 12.3. The van der Waals surface area contributed by atoms with Crippen molar-refractivity contribution in [1.82, 2.24) is 0 Å². The summed E-state index contributed by atoms with van der Waals surface area (Å²) in [5, 5.41) is 0. The van der Waals surface area contributed by atoms with Crippen molar-refractivity contribution in [1.29, 1.82) is 0 Å². The first-order valence-corrected chi connectivity index (χ1v) is 7.66. The molecule has 0 aliphatic carbocycles. The van der Waals surface area contributed by atoms with E-state index in [4.69, 9.17) is 9.47 Å². The Morgan fingerprint density at radius 3 is 2.25 bits per heavy atom. The average Bonchev–Trinajstić information content (AvgIpc) is 2.48. The van der Waals surface area contributed by atoms with Gasteiger partial charge in [-0.3, -0.25) is 4.79 Å². The van der Waals surface area contributed by atoms with Crippen molar-refractivity contribution in [2.75, 3.05) is 14.2 Å². The van der Waals surface area contributed by atoms with Gasteiger partial charge in [0.15, 0.2) is 0 Å². The monoisotopic (exact) mass is 446 g/mol. The van der Waals surface area contributed by atoms with Crippen LogP contribution in [0.4, 0.5) is 0 Å². The quantitative estimate of drug-likeness (QED) is 0.518. The first kappa shape index (κ1) is 15.3. The third-order valence-corrected chi connectivity index (χ3v) is 4.19. The van der Waals surface area contributed by atoms with Crippen molar-refractivity contribution < 1.29 is 14.3 Å². The third kappa shape index (κ3) is 2.98. The maximum absolute atomic E-state index is 12.8. The molecule has 0 aromatic heterocycles. The van der Waals surface area contributed by atoms with Crippen molar-refractivity contribution in [2.24, 2.45) is 0 Å². The molecule has 0 amide bonds. The van der Waals surface area contributed by atoms with Crippen molar-refractivity contribution in [3.63, 3.8) is 0 Å². The second-order valence-corrected chi connectivity index (χ2v) is 6.09. The molecule has 3 nitrogen and oxygen atoms in total. The zero-order valence-corrected chi connectivity index (χ0v) is 14.7. The van der Waals surface area contributed by atoms with Crippen LogP contribution in [0, 0.1) is 3.57 Å². The fourth-order valence-electron chi connectivity index (χ4n) is 1.88. The van der Waals surface area contributed by atoms with Crippen LogP contribution in [-0.2, 0) is 0 Å². The van der Waals surface area contributed by atoms with E-state index in [0.717, 1.165) is 8.04 Å². The van der Waals surface area contributed by atoms with Crippen LogP contribution in [0.15, 0.2) is 40.9 Å². The molecule has 104 valence electrons. The van der Waals surface area contributed by atoms with E-state index in [1.807, 2.05) is 18.2 Å². The molecule has 2 rings (SSSR count). The maximum Gasteiger partial charge on any atom is 0.201 e. The van der Waals surface area contributed by atoms with Gasteiger partial charge in [0.2, 0.25) is 5.78 Å². The molecule has 0 unspecified atom stereocenters. The molecule has 0 aliphatic rings. The van der Waals surface area contributed by atoms with Gasteiger partial charge < -0.3 is 9.47 Å². The predicted molar refractivity (Wildman–Crippen MR) is 89.8 cm³/mol. The topological polar surface area (TPSA) is 35.5 Å². The van der Waals surface area contributed by atoms with Crippen LogP contribution in [0.1, 0.15) is 15.9 Å². The predicted octanol–water partition coefficient (Wildman–Crippen LogP) is 4.30. The van der Waals surface area contributed by atoms with Crippen molar-refractivity contribution in [3.8, 4) is 11.5 Å². The Labute approximate surface area is 139 Å². The molecule has 20 heavy (non-hydrogen) atoms. The maximum atomic E-state index is 12.8. The summed E-state index contributed by atoms with van der Waals surface area (Å²) >= 11 is 5.59. The molecule has 0 N–H and O–H groups in total. The molecule has 0 atom stereocenters. The Morgan fingerprint density at radius 2 is 1.70 bits per heavy atom. The number of rotatable bonds is 4. The van der Waals surface area contributed by atoms with Crippen molar-refractivity contribution in [2.45, 2.75) is 0 Å². The molecule has 0 radical (unpaired) electrons. The SMILES string of the molecule is COc1cccc(OC)c1C(=O)c1cc(I)ccc1Br. The van der Waals surface area contributed by atoms with Gasteiger partial charge in [0.1, 0.15) is 17.1 Å². The smallest absolute Gasteiger partial charge is 0.201 e. The molecule has 0 bridgehead atoms. The number of ether oxygens (including phenoxy) is 2. The van der Waals surface area contributed by atoms with Crippen LogP contribution in [0.3, 0.4) is 0 Å². The number of carbonyl (C=O) groups excluding carboxylic acids is 1. The number of ketones is 1. The number of hydrogen-bond acceptors (Lipinski definition) is 3. The summed E-state index contributed by atoms with van der Waals surface area (Å²) in [6.45, 7) is 0. The van der Waals surface area contributed by atoms with Crippen LogP contribution >= 0.6 is 38.5 Å². The second-order valence-electron chi connectivity index (χ2n) is 3.99.